The van der Waals surface area contributed by atoms with Crippen molar-refractivity contribution >= 4 is 11.6 Å². The predicted molar refractivity (Wildman–Crippen MR) is 92.7 cm³/mol. The van der Waals surface area contributed by atoms with Gasteiger partial charge in [-0.15, -0.1) is 0 Å². The van der Waals surface area contributed by atoms with E-state index in [4.69, 9.17) is 19.9 Å². The normalized spacial score (nSPS) is 11.7. The lowest BCUT2D eigenvalue weighted by molar-refractivity contribution is -0.118. The molecule has 0 aliphatic carbocycles. The van der Waals surface area contributed by atoms with Crippen LogP contribution < -0.4 is 20.5 Å². The molecule has 0 saturated carbocycles. The molecule has 0 heterocycles. The number of hydrogen-bond donors (Lipinski definition) is 2. The Morgan fingerprint density at radius 3 is 2.52 bits per heavy atom. The lowest BCUT2D eigenvalue weighted by atomic mass is 10.2. The van der Waals surface area contributed by atoms with Crippen molar-refractivity contribution < 1.29 is 23.4 Å². The first-order valence-electron chi connectivity index (χ1n) is 7.62. The Balaban J connectivity index is 2.13. The van der Waals surface area contributed by atoms with Gasteiger partial charge in [-0.2, -0.15) is 0 Å². The molecule has 2 rings (SSSR count). The number of carbonyl (C=O) groups excluding carboxylic acids is 1. The number of halogens is 1. The zero-order chi connectivity index (χ0) is 18.4. The second-order valence-electron chi connectivity index (χ2n) is 5.45. The molecule has 1 atom stereocenters. The fraction of sp³-hybridized carbons (Fsp3) is 0.278. The van der Waals surface area contributed by atoms with Gasteiger partial charge >= 0.3 is 0 Å². The maximum atomic E-state index is 14.3. The zero-order valence-electron chi connectivity index (χ0n) is 14.3. The van der Waals surface area contributed by atoms with E-state index in [1.807, 2.05) is 13.0 Å². The van der Waals surface area contributed by atoms with Crippen LogP contribution in [-0.2, 0) is 9.53 Å². The minimum absolute atomic E-state index is 0.0151. The highest BCUT2D eigenvalue weighted by Crippen LogP contribution is 2.34. The average Bonchev–Trinajstić information content (AvgIpc) is 2.58. The number of anilines is 1. The molecule has 25 heavy (non-hydrogen) atoms. The average molecular weight is 348 g/mol. The third-order valence-electron chi connectivity index (χ3n) is 3.42. The Kier molecular flexibility index (Phi) is 6.32. The van der Waals surface area contributed by atoms with Crippen molar-refractivity contribution in [2.75, 3.05) is 26.1 Å². The van der Waals surface area contributed by atoms with E-state index in [9.17, 15) is 9.18 Å². The largest absolute Gasteiger partial charge is 0.493 e. The SMILES string of the molecule is COCC(N)C(=O)Nc1ccc(Oc2ccc(C)cc2OC)c(F)c1. The van der Waals surface area contributed by atoms with Crippen molar-refractivity contribution in [2.24, 2.45) is 5.73 Å². The van der Waals surface area contributed by atoms with E-state index < -0.39 is 17.8 Å². The van der Waals surface area contributed by atoms with E-state index in [1.54, 1.807) is 12.1 Å². The highest BCUT2D eigenvalue weighted by Gasteiger charge is 2.15. The molecular weight excluding hydrogens is 327 g/mol. The summed E-state index contributed by atoms with van der Waals surface area (Å²) in [5.74, 6) is -0.176. The summed E-state index contributed by atoms with van der Waals surface area (Å²) in [5.41, 5.74) is 6.89. The predicted octanol–water partition coefficient (Wildman–Crippen LogP) is 2.85. The van der Waals surface area contributed by atoms with Gasteiger partial charge in [0.05, 0.1) is 13.7 Å². The number of methoxy groups -OCH3 is 2. The third kappa shape index (κ3) is 4.91. The van der Waals surface area contributed by atoms with Gasteiger partial charge in [-0.05, 0) is 36.8 Å². The molecule has 1 amide bonds. The van der Waals surface area contributed by atoms with Gasteiger partial charge in [0.2, 0.25) is 5.91 Å². The Morgan fingerprint density at radius 2 is 1.88 bits per heavy atom. The van der Waals surface area contributed by atoms with Crippen LogP contribution in [0.2, 0.25) is 0 Å². The van der Waals surface area contributed by atoms with Crippen molar-refractivity contribution in [1.29, 1.82) is 0 Å². The highest BCUT2D eigenvalue weighted by atomic mass is 19.1. The van der Waals surface area contributed by atoms with E-state index in [-0.39, 0.29) is 18.0 Å². The number of ether oxygens (including phenoxy) is 3. The van der Waals surface area contributed by atoms with Gasteiger partial charge in [-0.25, -0.2) is 4.39 Å². The van der Waals surface area contributed by atoms with Gasteiger partial charge < -0.3 is 25.3 Å². The minimum Gasteiger partial charge on any atom is -0.493 e. The molecule has 0 fully saturated rings. The van der Waals surface area contributed by atoms with E-state index in [2.05, 4.69) is 5.32 Å². The van der Waals surface area contributed by atoms with E-state index in [1.165, 1.54) is 26.4 Å². The molecule has 6 nitrogen and oxygen atoms in total. The summed E-state index contributed by atoms with van der Waals surface area (Å²) in [6.45, 7) is 1.99. The van der Waals surface area contributed by atoms with Crippen LogP contribution in [0.3, 0.4) is 0 Å². The van der Waals surface area contributed by atoms with Gasteiger partial charge in [0.15, 0.2) is 23.1 Å². The second kappa shape index (κ2) is 8.46. The first-order valence-corrected chi connectivity index (χ1v) is 7.62. The fourth-order valence-corrected chi connectivity index (χ4v) is 2.13. The lowest BCUT2D eigenvalue weighted by Gasteiger charge is -2.14. The molecule has 2 aromatic rings. The lowest BCUT2D eigenvalue weighted by Crippen LogP contribution is -2.39. The standard InChI is InChI=1S/C18H21FN2O4/c1-11-4-6-16(17(8-11)24-3)25-15-7-5-12(9-13(15)19)21-18(22)14(20)10-23-2/h4-9,14H,10,20H2,1-3H3,(H,21,22). The van der Waals surface area contributed by atoms with E-state index >= 15 is 0 Å². The maximum absolute atomic E-state index is 14.3. The van der Waals surface area contributed by atoms with Crippen LogP contribution in [0.15, 0.2) is 36.4 Å². The fourth-order valence-electron chi connectivity index (χ4n) is 2.13. The number of aryl methyl sites for hydroxylation is 1. The zero-order valence-corrected chi connectivity index (χ0v) is 14.3. The van der Waals surface area contributed by atoms with Crippen LogP contribution in [0.25, 0.3) is 0 Å². The quantitative estimate of drug-likeness (QED) is 0.804. The van der Waals surface area contributed by atoms with Crippen LogP contribution >= 0.6 is 0 Å². The van der Waals surface area contributed by atoms with Crippen LogP contribution in [0.4, 0.5) is 10.1 Å². The molecule has 0 spiro atoms. The number of hydrogen-bond acceptors (Lipinski definition) is 5. The molecule has 0 saturated heterocycles. The number of amides is 1. The van der Waals surface area contributed by atoms with Crippen LogP contribution in [-0.4, -0.2) is 32.8 Å². The monoisotopic (exact) mass is 348 g/mol. The van der Waals surface area contributed by atoms with Crippen molar-refractivity contribution in [3.63, 3.8) is 0 Å². The Bertz CT molecular complexity index is 752. The van der Waals surface area contributed by atoms with Crippen LogP contribution in [0.5, 0.6) is 17.2 Å². The van der Waals surface area contributed by atoms with Gasteiger partial charge in [0.1, 0.15) is 6.04 Å². The number of benzene rings is 2. The van der Waals surface area contributed by atoms with E-state index in [0.717, 1.165) is 11.6 Å². The van der Waals surface area contributed by atoms with Crippen molar-refractivity contribution in [2.45, 2.75) is 13.0 Å². The first kappa shape index (κ1) is 18.7. The highest BCUT2D eigenvalue weighted by molar-refractivity contribution is 5.94. The molecule has 0 radical (unpaired) electrons. The summed E-state index contributed by atoms with van der Waals surface area (Å²) in [6.07, 6.45) is 0. The second-order valence-corrected chi connectivity index (χ2v) is 5.45. The number of nitrogens with two attached hydrogens (primary N) is 1. The summed E-state index contributed by atoms with van der Waals surface area (Å²) in [6, 6.07) is 8.60. The smallest absolute Gasteiger partial charge is 0.243 e. The molecular formula is C18H21FN2O4. The number of rotatable bonds is 7. The summed E-state index contributed by atoms with van der Waals surface area (Å²) in [7, 11) is 2.96. The molecule has 7 heteroatoms. The summed E-state index contributed by atoms with van der Waals surface area (Å²) in [4.78, 5) is 11.8. The molecule has 1 unspecified atom stereocenters. The van der Waals surface area contributed by atoms with E-state index in [0.29, 0.717) is 11.5 Å². The molecule has 0 aliphatic heterocycles. The summed E-state index contributed by atoms with van der Waals surface area (Å²) < 4.78 is 29.9. The summed E-state index contributed by atoms with van der Waals surface area (Å²) >= 11 is 0. The Hall–Kier alpha value is -2.64. The maximum Gasteiger partial charge on any atom is 0.243 e. The van der Waals surface area contributed by atoms with Gasteiger partial charge in [-0.1, -0.05) is 6.07 Å². The Morgan fingerprint density at radius 1 is 1.16 bits per heavy atom. The number of nitrogens with one attached hydrogen (secondary N) is 1. The molecule has 0 aliphatic rings. The molecule has 0 bridgehead atoms. The van der Waals surface area contributed by atoms with Crippen molar-refractivity contribution in [3.8, 4) is 17.2 Å². The van der Waals surface area contributed by atoms with Gasteiger partial charge in [-0.3, -0.25) is 4.79 Å². The van der Waals surface area contributed by atoms with Crippen LogP contribution in [0.1, 0.15) is 5.56 Å². The Labute approximate surface area is 145 Å². The number of carbonyl (C=O) groups is 1. The first-order chi connectivity index (χ1) is 11.9. The molecule has 134 valence electrons. The molecule has 3 N–H and O–H groups in total. The third-order valence-corrected chi connectivity index (χ3v) is 3.42. The minimum atomic E-state index is -0.833. The topological polar surface area (TPSA) is 82.8 Å². The van der Waals surface area contributed by atoms with Crippen molar-refractivity contribution in [1.82, 2.24) is 0 Å². The van der Waals surface area contributed by atoms with Crippen molar-refractivity contribution in [3.05, 3.63) is 47.8 Å². The van der Waals surface area contributed by atoms with Gasteiger partial charge in [0.25, 0.3) is 0 Å². The van der Waals surface area contributed by atoms with Gasteiger partial charge in [0, 0.05) is 18.9 Å². The summed E-state index contributed by atoms with van der Waals surface area (Å²) in [5, 5.41) is 2.52. The molecule has 0 aromatic heterocycles. The van der Waals surface area contributed by atoms with Crippen LogP contribution in [0, 0.1) is 12.7 Å². The molecule has 2 aromatic carbocycles.